The lowest BCUT2D eigenvalue weighted by Gasteiger charge is -2.18. The van der Waals surface area contributed by atoms with Gasteiger partial charge in [-0.05, 0) is 61.6 Å². The highest BCUT2D eigenvalue weighted by atomic mass is 19.1. The second-order valence-corrected chi connectivity index (χ2v) is 6.36. The summed E-state index contributed by atoms with van der Waals surface area (Å²) in [6.07, 6.45) is 6.15. The van der Waals surface area contributed by atoms with Gasteiger partial charge in [0.05, 0.1) is 6.61 Å². The van der Waals surface area contributed by atoms with Crippen LogP contribution in [0.1, 0.15) is 31.2 Å². The summed E-state index contributed by atoms with van der Waals surface area (Å²) >= 11 is 0. The van der Waals surface area contributed by atoms with Crippen LogP contribution in [0.2, 0.25) is 0 Å². The quantitative estimate of drug-likeness (QED) is 0.748. The molecule has 2 aliphatic rings. The number of hydrogen-bond donors (Lipinski definition) is 1. The number of halogens is 1. The molecule has 1 atom stereocenters. The van der Waals surface area contributed by atoms with Gasteiger partial charge in [-0.2, -0.15) is 0 Å². The summed E-state index contributed by atoms with van der Waals surface area (Å²) in [6, 6.07) is 7.67. The summed E-state index contributed by atoms with van der Waals surface area (Å²) in [6.45, 7) is 2.67. The Morgan fingerprint density at radius 2 is 2.10 bits per heavy atom. The molecule has 1 aromatic carbocycles. The number of benzene rings is 1. The van der Waals surface area contributed by atoms with Gasteiger partial charge in [-0.1, -0.05) is 12.1 Å². The Labute approximate surface area is 120 Å². The Balaban J connectivity index is 1.48. The van der Waals surface area contributed by atoms with Crippen LogP contribution in [0.5, 0.6) is 0 Å². The van der Waals surface area contributed by atoms with E-state index in [2.05, 4.69) is 5.32 Å². The summed E-state index contributed by atoms with van der Waals surface area (Å²) in [4.78, 5) is 0. The average Bonchev–Trinajstić information content (AvgIpc) is 3.30. The van der Waals surface area contributed by atoms with E-state index >= 15 is 0 Å². The number of hydrogen-bond acceptors (Lipinski definition) is 2. The Kier molecular flexibility index (Phi) is 4.69. The van der Waals surface area contributed by atoms with Crippen LogP contribution in [0.3, 0.4) is 0 Å². The fourth-order valence-electron chi connectivity index (χ4n) is 2.49. The fraction of sp³-hybridized carbons (Fsp3) is 0.647. The van der Waals surface area contributed by atoms with Crippen molar-refractivity contribution in [3.05, 3.63) is 35.6 Å². The summed E-state index contributed by atoms with van der Waals surface area (Å²) in [5.74, 6) is 1.10. The number of nitrogens with one attached hydrogen (secondary N) is 1. The number of rotatable bonds is 9. The molecule has 1 aromatic rings. The van der Waals surface area contributed by atoms with Gasteiger partial charge < -0.3 is 10.1 Å². The van der Waals surface area contributed by atoms with Gasteiger partial charge in [-0.3, -0.25) is 0 Å². The molecule has 0 amide bonds. The van der Waals surface area contributed by atoms with Gasteiger partial charge in [0.25, 0.3) is 0 Å². The third-order valence-electron chi connectivity index (χ3n) is 4.09. The maximum absolute atomic E-state index is 13.3. The average molecular weight is 277 g/mol. The molecule has 20 heavy (non-hydrogen) atoms. The Morgan fingerprint density at radius 1 is 1.25 bits per heavy atom. The molecule has 0 saturated heterocycles. The zero-order valence-corrected chi connectivity index (χ0v) is 12.0. The monoisotopic (exact) mass is 277 g/mol. The molecule has 0 radical (unpaired) electrons. The number of ether oxygens (including phenoxy) is 1. The van der Waals surface area contributed by atoms with Gasteiger partial charge in [0.1, 0.15) is 5.82 Å². The zero-order valence-electron chi connectivity index (χ0n) is 12.0. The first kappa shape index (κ1) is 14.0. The molecule has 0 heterocycles. The predicted octanol–water partition coefficient (Wildman–Crippen LogP) is 3.16. The highest BCUT2D eigenvalue weighted by molar-refractivity contribution is 5.17. The molecule has 1 N–H and O–H groups in total. The van der Waals surface area contributed by atoms with Gasteiger partial charge in [0.2, 0.25) is 0 Å². The van der Waals surface area contributed by atoms with E-state index in [0.717, 1.165) is 37.7 Å². The standard InChI is InChI=1S/C17H24FNO/c18-16-3-1-2-14(9-16)8-15(10-19-17-6-7-17)12-20-11-13-4-5-13/h1-3,9,13,15,17,19H,4-8,10-12H2. The lowest BCUT2D eigenvalue weighted by atomic mass is 10.00. The SMILES string of the molecule is Fc1cccc(CC(CNC2CC2)COCC2CC2)c1. The van der Waals surface area contributed by atoms with Crippen LogP contribution in [-0.2, 0) is 11.2 Å². The molecular weight excluding hydrogens is 253 g/mol. The van der Waals surface area contributed by atoms with E-state index in [0.29, 0.717) is 12.0 Å². The van der Waals surface area contributed by atoms with Crippen LogP contribution in [0.15, 0.2) is 24.3 Å². The van der Waals surface area contributed by atoms with Crippen molar-refractivity contribution < 1.29 is 9.13 Å². The topological polar surface area (TPSA) is 21.3 Å². The summed E-state index contributed by atoms with van der Waals surface area (Å²) in [7, 11) is 0. The largest absolute Gasteiger partial charge is 0.381 e. The molecule has 2 aliphatic carbocycles. The lowest BCUT2D eigenvalue weighted by Crippen LogP contribution is -2.29. The minimum atomic E-state index is -0.143. The van der Waals surface area contributed by atoms with E-state index in [1.54, 1.807) is 12.1 Å². The summed E-state index contributed by atoms with van der Waals surface area (Å²) < 4.78 is 19.1. The lowest BCUT2D eigenvalue weighted by molar-refractivity contribution is 0.0905. The Bertz CT molecular complexity index is 429. The molecule has 0 aliphatic heterocycles. The Morgan fingerprint density at radius 3 is 2.80 bits per heavy atom. The third-order valence-corrected chi connectivity index (χ3v) is 4.09. The van der Waals surface area contributed by atoms with Gasteiger partial charge in [-0.15, -0.1) is 0 Å². The van der Waals surface area contributed by atoms with Crippen molar-refractivity contribution in [3.8, 4) is 0 Å². The third kappa shape index (κ3) is 4.88. The van der Waals surface area contributed by atoms with Crippen molar-refractivity contribution >= 4 is 0 Å². The van der Waals surface area contributed by atoms with Crippen molar-refractivity contribution in [2.45, 2.75) is 38.1 Å². The van der Waals surface area contributed by atoms with E-state index < -0.39 is 0 Å². The molecule has 0 bridgehead atoms. The molecule has 2 fully saturated rings. The van der Waals surface area contributed by atoms with Gasteiger partial charge in [0, 0.05) is 19.2 Å². The van der Waals surface area contributed by atoms with Crippen LogP contribution in [0.4, 0.5) is 4.39 Å². The predicted molar refractivity (Wildman–Crippen MR) is 78.2 cm³/mol. The van der Waals surface area contributed by atoms with E-state index in [1.165, 1.54) is 31.7 Å². The van der Waals surface area contributed by atoms with E-state index in [9.17, 15) is 4.39 Å². The molecule has 3 rings (SSSR count). The zero-order chi connectivity index (χ0) is 13.8. The Hall–Kier alpha value is -0.930. The summed E-state index contributed by atoms with van der Waals surface area (Å²) in [5.41, 5.74) is 1.07. The molecule has 0 aromatic heterocycles. The smallest absolute Gasteiger partial charge is 0.123 e. The molecule has 2 nitrogen and oxygen atoms in total. The minimum absolute atomic E-state index is 0.143. The van der Waals surface area contributed by atoms with Crippen LogP contribution in [-0.4, -0.2) is 25.8 Å². The van der Waals surface area contributed by atoms with Crippen LogP contribution in [0, 0.1) is 17.7 Å². The first-order valence-electron chi connectivity index (χ1n) is 7.85. The molecule has 1 unspecified atom stereocenters. The highest BCUT2D eigenvalue weighted by Gasteiger charge is 2.24. The molecule has 110 valence electrons. The molecule has 2 saturated carbocycles. The van der Waals surface area contributed by atoms with Crippen molar-refractivity contribution in [2.24, 2.45) is 11.8 Å². The maximum Gasteiger partial charge on any atom is 0.123 e. The van der Waals surface area contributed by atoms with Gasteiger partial charge in [0.15, 0.2) is 0 Å². The van der Waals surface area contributed by atoms with E-state index in [1.807, 2.05) is 6.07 Å². The normalized spacial score (nSPS) is 20.1. The van der Waals surface area contributed by atoms with Gasteiger partial charge >= 0.3 is 0 Å². The molecular formula is C17H24FNO. The van der Waals surface area contributed by atoms with Crippen molar-refractivity contribution in [1.82, 2.24) is 5.32 Å². The van der Waals surface area contributed by atoms with Crippen LogP contribution < -0.4 is 5.32 Å². The van der Waals surface area contributed by atoms with Crippen molar-refractivity contribution in [1.29, 1.82) is 0 Å². The van der Waals surface area contributed by atoms with Crippen molar-refractivity contribution in [3.63, 3.8) is 0 Å². The molecule has 0 spiro atoms. The molecule has 3 heteroatoms. The van der Waals surface area contributed by atoms with E-state index in [-0.39, 0.29) is 5.82 Å². The maximum atomic E-state index is 13.3. The first-order chi connectivity index (χ1) is 9.79. The van der Waals surface area contributed by atoms with Gasteiger partial charge in [-0.25, -0.2) is 4.39 Å². The van der Waals surface area contributed by atoms with Crippen molar-refractivity contribution in [2.75, 3.05) is 19.8 Å². The fourth-order valence-corrected chi connectivity index (χ4v) is 2.49. The van der Waals surface area contributed by atoms with E-state index in [4.69, 9.17) is 4.74 Å². The minimum Gasteiger partial charge on any atom is -0.381 e. The van der Waals surface area contributed by atoms with Crippen LogP contribution >= 0.6 is 0 Å². The highest BCUT2D eigenvalue weighted by Crippen LogP contribution is 2.29. The second kappa shape index (κ2) is 6.68. The van der Waals surface area contributed by atoms with Crippen LogP contribution in [0.25, 0.3) is 0 Å². The summed E-state index contributed by atoms with van der Waals surface area (Å²) in [5, 5.41) is 3.57. The first-order valence-corrected chi connectivity index (χ1v) is 7.85. The second-order valence-electron chi connectivity index (χ2n) is 6.36.